The van der Waals surface area contributed by atoms with E-state index in [0.29, 0.717) is 0 Å². The predicted octanol–water partition coefficient (Wildman–Crippen LogP) is 9.16. The van der Waals surface area contributed by atoms with Crippen LogP contribution in [0, 0.1) is 13.8 Å². The van der Waals surface area contributed by atoms with Gasteiger partial charge in [-0.3, -0.25) is 0 Å². The second-order valence-electron chi connectivity index (χ2n) is 8.42. The van der Waals surface area contributed by atoms with Gasteiger partial charge in [0, 0.05) is 0 Å². The number of allylic oxidation sites excluding steroid dienone is 1. The van der Waals surface area contributed by atoms with E-state index in [1.165, 1.54) is 55.6 Å². The van der Waals surface area contributed by atoms with Crippen molar-refractivity contribution in [3.05, 3.63) is 119 Å². The van der Waals surface area contributed by atoms with Crippen LogP contribution in [-0.4, -0.2) is 0 Å². The van der Waals surface area contributed by atoms with Gasteiger partial charge in [0.25, 0.3) is 0 Å². The van der Waals surface area contributed by atoms with Crippen molar-refractivity contribution in [2.45, 2.75) is 17.5 Å². The van der Waals surface area contributed by atoms with Gasteiger partial charge in [0.05, 0.1) is 0 Å². The van der Waals surface area contributed by atoms with Gasteiger partial charge in [-0.1, -0.05) is 0 Å². The van der Waals surface area contributed by atoms with E-state index in [1.54, 1.807) is 0 Å². The Kier molecular flexibility index (Phi) is 6.26. The molecule has 1 atom stereocenters. The van der Waals surface area contributed by atoms with Crippen molar-refractivity contribution in [1.82, 2.24) is 0 Å². The van der Waals surface area contributed by atoms with Crippen LogP contribution in [0.1, 0.15) is 31.4 Å². The molecule has 0 radical (unpaired) electrons. The summed E-state index contributed by atoms with van der Waals surface area (Å²) in [6, 6.07) is 32.5. The number of hydrogen-bond donors (Lipinski definition) is 0. The zero-order valence-corrected chi connectivity index (χ0v) is 22.0. The van der Waals surface area contributed by atoms with Gasteiger partial charge in [-0.25, -0.2) is 0 Å². The number of benzene rings is 4. The fourth-order valence-corrected chi connectivity index (χ4v) is 10.0. The Balaban J connectivity index is 1.83. The molecule has 0 nitrogen and oxygen atoms in total. The molecule has 1 aliphatic carbocycles. The molecule has 0 amide bonds. The number of halogens is 2. The number of fused-ring (bicyclic) bond motifs is 1. The Labute approximate surface area is 205 Å². The van der Waals surface area contributed by atoms with E-state index in [2.05, 4.69) is 111 Å². The Hall–Kier alpha value is -1.92. The average molecular weight is 534 g/mol. The van der Waals surface area contributed by atoms with Crippen molar-refractivity contribution < 1.29 is 19.4 Å². The summed E-state index contributed by atoms with van der Waals surface area (Å²) in [4.78, 5) is 0. The molecular weight excluding hydrogens is 510 g/mol. The van der Waals surface area contributed by atoms with E-state index in [-0.39, 0.29) is 3.63 Å². The van der Waals surface area contributed by atoms with Crippen molar-refractivity contribution >= 4 is 28.7 Å². The maximum absolute atomic E-state index is 6.78. The van der Waals surface area contributed by atoms with E-state index in [4.69, 9.17) is 17.0 Å². The van der Waals surface area contributed by atoms with Crippen LogP contribution < -0.4 is 0 Å². The van der Waals surface area contributed by atoms with Gasteiger partial charge in [0.15, 0.2) is 0 Å². The monoisotopic (exact) mass is 531 g/mol. The van der Waals surface area contributed by atoms with Gasteiger partial charge in [-0.2, -0.15) is 0 Å². The standard InChI is InChI=1S/C29H23.2ClH.Zr/c1-20-15-21(2)17-26(16-20)29-27(23-11-7-4-8-12-23)14-13-24-18-25(19-28(24)29)22-9-5-3-6-10-22;;;/h3-19H,1-2H3;2*1H;/q;;;+2/p-2. The van der Waals surface area contributed by atoms with E-state index < -0.39 is 19.4 Å². The Morgan fingerprint density at radius 1 is 0.656 bits per heavy atom. The Morgan fingerprint density at radius 3 is 1.84 bits per heavy atom. The van der Waals surface area contributed by atoms with Crippen LogP contribution in [0.3, 0.4) is 0 Å². The third-order valence-corrected chi connectivity index (χ3v) is 11.3. The van der Waals surface area contributed by atoms with Crippen LogP contribution in [0.25, 0.3) is 33.9 Å². The molecule has 3 heteroatoms. The summed E-state index contributed by atoms with van der Waals surface area (Å²) in [5, 5.41) is 0. The minimum absolute atomic E-state index is 0.132. The van der Waals surface area contributed by atoms with Crippen LogP contribution in [0.5, 0.6) is 0 Å². The molecule has 5 rings (SSSR count). The Morgan fingerprint density at radius 2 is 1.25 bits per heavy atom. The van der Waals surface area contributed by atoms with Crippen molar-refractivity contribution in [2.24, 2.45) is 0 Å². The first kappa shape index (κ1) is 21.9. The molecule has 0 heterocycles. The van der Waals surface area contributed by atoms with Crippen molar-refractivity contribution in [3.63, 3.8) is 0 Å². The summed E-state index contributed by atoms with van der Waals surface area (Å²) in [5.74, 6) is 0. The van der Waals surface area contributed by atoms with Crippen molar-refractivity contribution in [3.8, 4) is 22.3 Å². The molecule has 1 aliphatic rings. The van der Waals surface area contributed by atoms with E-state index >= 15 is 0 Å². The van der Waals surface area contributed by atoms with E-state index in [0.717, 1.165) is 0 Å². The molecular formula is C29H23Cl2Zr. The first-order chi connectivity index (χ1) is 15.5. The first-order valence-corrected chi connectivity index (χ1v) is 18.5. The van der Waals surface area contributed by atoms with Crippen LogP contribution in [0.2, 0.25) is 0 Å². The molecule has 32 heavy (non-hydrogen) atoms. The summed E-state index contributed by atoms with van der Waals surface area (Å²) in [6.07, 6.45) is 2.35. The van der Waals surface area contributed by atoms with Crippen LogP contribution in [0.4, 0.5) is 0 Å². The number of hydrogen-bond acceptors (Lipinski definition) is 0. The maximum atomic E-state index is 6.78. The molecule has 0 aliphatic heterocycles. The summed E-state index contributed by atoms with van der Waals surface area (Å²) in [6.45, 7) is 4.33. The van der Waals surface area contributed by atoms with Crippen molar-refractivity contribution in [2.75, 3.05) is 0 Å². The normalized spacial score (nSPS) is 14.8. The Bertz CT molecular complexity index is 1290. The summed E-state index contributed by atoms with van der Waals surface area (Å²) < 4.78 is 0.132. The molecule has 0 saturated carbocycles. The number of aryl methyl sites for hydroxylation is 2. The summed E-state index contributed by atoms with van der Waals surface area (Å²) in [5.41, 5.74) is 12.5. The molecule has 1 unspecified atom stereocenters. The zero-order valence-electron chi connectivity index (χ0n) is 18.1. The van der Waals surface area contributed by atoms with Gasteiger partial charge in [0.2, 0.25) is 0 Å². The third-order valence-electron chi connectivity index (χ3n) is 6.12. The predicted molar refractivity (Wildman–Crippen MR) is 136 cm³/mol. The quantitative estimate of drug-likeness (QED) is 0.245. The van der Waals surface area contributed by atoms with Gasteiger partial charge >= 0.3 is 207 Å². The fourth-order valence-electron chi connectivity index (χ4n) is 4.85. The molecule has 0 spiro atoms. The van der Waals surface area contributed by atoms with E-state index in [9.17, 15) is 0 Å². The molecule has 4 aromatic carbocycles. The van der Waals surface area contributed by atoms with E-state index in [1.807, 2.05) is 0 Å². The van der Waals surface area contributed by atoms with Gasteiger partial charge in [0.1, 0.15) is 0 Å². The summed E-state index contributed by atoms with van der Waals surface area (Å²) >= 11 is -2.66. The molecule has 0 fully saturated rings. The summed E-state index contributed by atoms with van der Waals surface area (Å²) in [7, 11) is 13.6. The molecule has 0 N–H and O–H groups in total. The van der Waals surface area contributed by atoms with Gasteiger partial charge in [-0.05, 0) is 0 Å². The van der Waals surface area contributed by atoms with Gasteiger partial charge in [-0.15, -0.1) is 0 Å². The van der Waals surface area contributed by atoms with Crippen LogP contribution in [0.15, 0.2) is 91.0 Å². The molecule has 0 saturated heterocycles. The SMILES string of the molecule is Cc1cc(C)cc(-c2c(-c3ccccc3)ccc3c2C=C(c2ccccc2)[CH]3[Zr]([Cl])[Cl])c1. The molecule has 0 bridgehead atoms. The molecule has 157 valence electrons. The first-order valence-electron chi connectivity index (χ1n) is 10.8. The molecule has 4 aromatic rings. The van der Waals surface area contributed by atoms with Crippen molar-refractivity contribution in [1.29, 1.82) is 0 Å². The van der Waals surface area contributed by atoms with Crippen LogP contribution >= 0.6 is 17.0 Å². The zero-order chi connectivity index (χ0) is 22.2. The molecule has 0 aromatic heterocycles. The second kappa shape index (κ2) is 9.14. The average Bonchev–Trinajstić information content (AvgIpc) is 3.19. The third kappa shape index (κ3) is 4.08. The fraction of sp³-hybridized carbons (Fsp3) is 0.103. The minimum atomic E-state index is -2.66. The topological polar surface area (TPSA) is 0 Å². The second-order valence-corrected chi connectivity index (χ2v) is 17.2. The number of rotatable bonds is 4. The van der Waals surface area contributed by atoms with Gasteiger partial charge < -0.3 is 0 Å². The van der Waals surface area contributed by atoms with Crippen LogP contribution in [-0.2, 0) is 19.4 Å².